The fourth-order valence-electron chi connectivity index (χ4n) is 2.27. The second-order valence-electron chi connectivity index (χ2n) is 7.53. The van der Waals surface area contributed by atoms with Gasteiger partial charge in [-0.1, -0.05) is 13.8 Å². The quantitative estimate of drug-likeness (QED) is 0.369. The Morgan fingerprint density at radius 3 is 2.44 bits per heavy atom. The van der Waals surface area contributed by atoms with Crippen molar-refractivity contribution >= 4 is 23.8 Å². The van der Waals surface area contributed by atoms with E-state index in [4.69, 9.17) is 4.74 Å². The van der Waals surface area contributed by atoms with Crippen molar-refractivity contribution < 1.29 is 9.53 Å². The standard InChI is InChI=1S/C18H38N4O2S/c1-14(2)15(21-17(23)24-18(3,4)5)10-12-22(7)16(19-6)20-11-9-13-25-8/h14-15H,9-13H2,1-8H3,(H,19,20)(H,21,23). The summed E-state index contributed by atoms with van der Waals surface area (Å²) in [7, 11) is 3.82. The van der Waals surface area contributed by atoms with Gasteiger partial charge in [0.1, 0.15) is 5.60 Å². The van der Waals surface area contributed by atoms with E-state index in [2.05, 4.69) is 40.6 Å². The lowest BCUT2D eigenvalue weighted by atomic mass is 10.0. The van der Waals surface area contributed by atoms with Crippen LogP contribution in [0.15, 0.2) is 4.99 Å². The van der Waals surface area contributed by atoms with Crippen LogP contribution in [0.2, 0.25) is 0 Å². The molecule has 0 aliphatic heterocycles. The molecule has 0 rings (SSSR count). The number of aliphatic imine (C=N–C) groups is 1. The van der Waals surface area contributed by atoms with Crippen molar-refractivity contribution in [1.29, 1.82) is 0 Å². The number of thioether (sulfide) groups is 1. The molecule has 1 unspecified atom stereocenters. The molecule has 0 saturated carbocycles. The van der Waals surface area contributed by atoms with E-state index in [0.717, 1.165) is 37.6 Å². The molecule has 0 fully saturated rings. The van der Waals surface area contributed by atoms with Gasteiger partial charge in [0.2, 0.25) is 0 Å². The van der Waals surface area contributed by atoms with Crippen LogP contribution >= 0.6 is 11.8 Å². The van der Waals surface area contributed by atoms with Crippen molar-refractivity contribution in [2.75, 3.05) is 39.2 Å². The van der Waals surface area contributed by atoms with Gasteiger partial charge in [-0.05, 0) is 51.5 Å². The molecule has 0 saturated heterocycles. The van der Waals surface area contributed by atoms with E-state index in [1.807, 2.05) is 39.6 Å². The molecule has 2 N–H and O–H groups in total. The molecule has 0 aromatic rings. The summed E-state index contributed by atoms with van der Waals surface area (Å²) in [6, 6.07) is 0.0619. The summed E-state index contributed by atoms with van der Waals surface area (Å²) in [6.07, 6.45) is 3.71. The molecule has 148 valence electrons. The molecule has 0 aliphatic rings. The van der Waals surface area contributed by atoms with E-state index in [-0.39, 0.29) is 12.1 Å². The first-order valence-electron chi connectivity index (χ1n) is 9.01. The van der Waals surface area contributed by atoms with E-state index >= 15 is 0 Å². The van der Waals surface area contributed by atoms with E-state index in [1.165, 1.54) is 0 Å². The van der Waals surface area contributed by atoms with Crippen molar-refractivity contribution in [3.8, 4) is 0 Å². The highest BCUT2D eigenvalue weighted by atomic mass is 32.2. The predicted octanol–water partition coefficient (Wildman–Crippen LogP) is 3.19. The SMILES string of the molecule is CN=C(NCCCSC)N(C)CCC(NC(=O)OC(C)(C)C)C(C)C. The van der Waals surface area contributed by atoms with E-state index in [0.29, 0.717) is 5.92 Å². The molecule has 7 heteroatoms. The molecule has 0 bridgehead atoms. The third-order valence-corrected chi connectivity index (χ3v) is 4.36. The fraction of sp³-hybridized carbons (Fsp3) is 0.889. The van der Waals surface area contributed by atoms with Crippen molar-refractivity contribution in [2.24, 2.45) is 10.9 Å². The Kier molecular flexibility index (Phi) is 11.7. The van der Waals surface area contributed by atoms with Crippen LogP contribution in [0.25, 0.3) is 0 Å². The Hall–Kier alpha value is -1.11. The average molecular weight is 375 g/mol. The van der Waals surface area contributed by atoms with E-state index < -0.39 is 5.60 Å². The lowest BCUT2D eigenvalue weighted by Crippen LogP contribution is -2.45. The van der Waals surface area contributed by atoms with Gasteiger partial charge in [-0.2, -0.15) is 11.8 Å². The van der Waals surface area contributed by atoms with Crippen LogP contribution in [0.3, 0.4) is 0 Å². The van der Waals surface area contributed by atoms with E-state index in [1.54, 1.807) is 7.05 Å². The van der Waals surface area contributed by atoms with Crippen LogP contribution in [0.4, 0.5) is 4.79 Å². The maximum absolute atomic E-state index is 12.0. The lowest BCUT2D eigenvalue weighted by molar-refractivity contribution is 0.0486. The Labute approximate surface area is 158 Å². The molecule has 0 heterocycles. The molecule has 0 aromatic heterocycles. The van der Waals surface area contributed by atoms with Crippen LogP contribution in [0, 0.1) is 5.92 Å². The molecule has 6 nitrogen and oxygen atoms in total. The van der Waals surface area contributed by atoms with Gasteiger partial charge in [0.05, 0.1) is 0 Å². The number of nitrogens with zero attached hydrogens (tertiary/aromatic N) is 2. The summed E-state index contributed by atoms with van der Waals surface area (Å²) >= 11 is 1.85. The summed E-state index contributed by atoms with van der Waals surface area (Å²) in [5, 5.41) is 6.37. The summed E-state index contributed by atoms with van der Waals surface area (Å²) in [5.41, 5.74) is -0.481. The van der Waals surface area contributed by atoms with Gasteiger partial charge in [-0.25, -0.2) is 4.79 Å². The highest BCUT2D eigenvalue weighted by Crippen LogP contribution is 2.11. The van der Waals surface area contributed by atoms with Crippen LogP contribution in [0.1, 0.15) is 47.5 Å². The topological polar surface area (TPSA) is 66.0 Å². The fourth-order valence-corrected chi connectivity index (χ4v) is 2.70. The minimum Gasteiger partial charge on any atom is -0.444 e. The maximum atomic E-state index is 12.0. The zero-order valence-corrected chi connectivity index (χ0v) is 18.1. The molecule has 0 radical (unpaired) electrons. The largest absolute Gasteiger partial charge is 0.444 e. The lowest BCUT2D eigenvalue weighted by Gasteiger charge is -2.28. The number of amides is 1. The van der Waals surface area contributed by atoms with Gasteiger partial charge >= 0.3 is 6.09 Å². The number of carbonyl (C=O) groups excluding carboxylic acids is 1. The smallest absolute Gasteiger partial charge is 0.407 e. The van der Waals surface area contributed by atoms with Crippen molar-refractivity contribution in [2.45, 2.75) is 59.1 Å². The number of carbonyl (C=O) groups is 1. The number of ether oxygens (including phenoxy) is 1. The Bertz CT molecular complexity index is 408. The van der Waals surface area contributed by atoms with E-state index in [9.17, 15) is 4.79 Å². The predicted molar refractivity (Wildman–Crippen MR) is 110 cm³/mol. The van der Waals surface area contributed by atoms with Gasteiger partial charge < -0.3 is 20.3 Å². The van der Waals surface area contributed by atoms with Crippen molar-refractivity contribution in [1.82, 2.24) is 15.5 Å². The summed E-state index contributed by atoms with van der Waals surface area (Å²) in [4.78, 5) is 18.5. The van der Waals surface area contributed by atoms with Crippen LogP contribution in [-0.4, -0.2) is 67.8 Å². The molecule has 0 aliphatic carbocycles. The molecule has 25 heavy (non-hydrogen) atoms. The summed E-state index contributed by atoms with van der Waals surface area (Å²) in [5.74, 6) is 2.36. The van der Waals surface area contributed by atoms with Crippen LogP contribution in [0.5, 0.6) is 0 Å². The third-order valence-electron chi connectivity index (χ3n) is 3.66. The monoisotopic (exact) mass is 374 g/mol. The Morgan fingerprint density at radius 1 is 1.32 bits per heavy atom. The molecule has 0 spiro atoms. The first-order chi connectivity index (χ1) is 11.6. The molecular formula is C18H38N4O2S. The molecule has 0 aromatic carbocycles. The molecular weight excluding hydrogens is 336 g/mol. The van der Waals surface area contributed by atoms with Crippen molar-refractivity contribution in [3.05, 3.63) is 0 Å². The second kappa shape index (κ2) is 12.3. The normalized spacial score (nSPS) is 13.6. The number of rotatable bonds is 9. The zero-order valence-electron chi connectivity index (χ0n) is 17.3. The number of alkyl carbamates (subject to hydrolysis) is 1. The van der Waals surface area contributed by atoms with Gasteiger partial charge in [-0.3, -0.25) is 4.99 Å². The minimum absolute atomic E-state index is 0.0619. The van der Waals surface area contributed by atoms with Gasteiger partial charge in [-0.15, -0.1) is 0 Å². The zero-order chi connectivity index (χ0) is 19.5. The first-order valence-corrected chi connectivity index (χ1v) is 10.4. The number of nitrogens with one attached hydrogen (secondary N) is 2. The minimum atomic E-state index is -0.481. The van der Waals surface area contributed by atoms with Gasteiger partial charge in [0.25, 0.3) is 0 Å². The highest BCUT2D eigenvalue weighted by Gasteiger charge is 2.22. The number of guanidine groups is 1. The first kappa shape index (κ1) is 23.9. The van der Waals surface area contributed by atoms with Crippen LogP contribution in [-0.2, 0) is 4.74 Å². The molecule has 1 atom stereocenters. The number of hydrogen-bond donors (Lipinski definition) is 2. The molecule has 1 amide bonds. The van der Waals surface area contributed by atoms with Crippen molar-refractivity contribution in [3.63, 3.8) is 0 Å². The Morgan fingerprint density at radius 2 is 1.96 bits per heavy atom. The van der Waals surface area contributed by atoms with Gasteiger partial charge in [0, 0.05) is 33.2 Å². The number of hydrogen-bond acceptors (Lipinski definition) is 4. The highest BCUT2D eigenvalue weighted by molar-refractivity contribution is 7.98. The summed E-state index contributed by atoms with van der Waals surface area (Å²) in [6.45, 7) is 11.6. The second-order valence-corrected chi connectivity index (χ2v) is 8.51. The third kappa shape index (κ3) is 12.0. The van der Waals surface area contributed by atoms with Crippen LogP contribution < -0.4 is 10.6 Å². The average Bonchev–Trinajstić information content (AvgIpc) is 2.49. The summed E-state index contributed by atoms with van der Waals surface area (Å²) < 4.78 is 5.37. The Balaban J connectivity index is 4.46. The maximum Gasteiger partial charge on any atom is 0.407 e. The van der Waals surface area contributed by atoms with Gasteiger partial charge in [0.15, 0.2) is 5.96 Å².